The Morgan fingerprint density at radius 3 is 2.84 bits per heavy atom. The Labute approximate surface area is 147 Å². The zero-order valence-electron chi connectivity index (χ0n) is 14.4. The first-order chi connectivity index (χ1) is 12.2. The van der Waals surface area contributed by atoms with Crippen LogP contribution in [0.25, 0.3) is 0 Å². The highest BCUT2D eigenvalue weighted by Gasteiger charge is 2.45. The maximum Gasteiger partial charge on any atom is 0.226 e. The first-order valence-corrected chi connectivity index (χ1v) is 8.77. The van der Waals surface area contributed by atoms with Gasteiger partial charge in [-0.15, -0.1) is 0 Å². The van der Waals surface area contributed by atoms with Crippen LogP contribution in [0.4, 0.5) is 0 Å². The van der Waals surface area contributed by atoms with Crippen molar-refractivity contribution in [3.8, 4) is 11.5 Å². The van der Waals surface area contributed by atoms with Crippen LogP contribution in [-0.4, -0.2) is 42.6 Å². The lowest BCUT2D eigenvalue weighted by Gasteiger charge is -2.19. The van der Waals surface area contributed by atoms with E-state index in [9.17, 15) is 4.79 Å². The molecule has 1 fully saturated rings. The number of nitrogens with zero attached hydrogens (tertiary/aromatic N) is 2. The molecule has 130 valence electrons. The van der Waals surface area contributed by atoms with Gasteiger partial charge in [0.25, 0.3) is 0 Å². The average molecular weight is 338 g/mol. The molecule has 0 radical (unpaired) electrons. The molecule has 1 aromatic heterocycles. The standard InChI is InChI=1S/C20H22N2O3/c1-22(9-7-15-4-2-3-8-21-15)20(23)17-13-16(17)14-5-6-18-19(12-14)25-11-10-24-18/h2-6,8,12,16-17H,7,9-11,13H2,1H3/t16-,17-/m1/s1. The SMILES string of the molecule is CN(CCc1ccccn1)C(=O)[C@@H]1C[C@@H]1c1ccc2c(c1)OCCO2. The number of amides is 1. The zero-order chi connectivity index (χ0) is 17.2. The van der Waals surface area contributed by atoms with Gasteiger partial charge in [0.1, 0.15) is 13.2 Å². The minimum Gasteiger partial charge on any atom is -0.486 e. The topological polar surface area (TPSA) is 51.7 Å². The zero-order valence-corrected chi connectivity index (χ0v) is 14.4. The summed E-state index contributed by atoms with van der Waals surface area (Å²) in [7, 11) is 1.88. The minimum atomic E-state index is 0.0799. The van der Waals surface area contributed by atoms with Crippen molar-refractivity contribution in [3.63, 3.8) is 0 Å². The van der Waals surface area contributed by atoms with Crippen LogP contribution in [-0.2, 0) is 11.2 Å². The predicted molar refractivity (Wildman–Crippen MR) is 93.9 cm³/mol. The number of fused-ring (bicyclic) bond motifs is 1. The summed E-state index contributed by atoms with van der Waals surface area (Å²) < 4.78 is 11.2. The summed E-state index contributed by atoms with van der Waals surface area (Å²) in [6.45, 7) is 1.87. The van der Waals surface area contributed by atoms with Crippen LogP contribution in [0.3, 0.4) is 0 Å². The second-order valence-electron chi connectivity index (χ2n) is 6.68. The van der Waals surface area contributed by atoms with E-state index in [0.717, 1.165) is 30.0 Å². The van der Waals surface area contributed by atoms with E-state index in [1.807, 2.05) is 42.3 Å². The van der Waals surface area contributed by atoms with Crippen LogP contribution >= 0.6 is 0 Å². The van der Waals surface area contributed by atoms with Gasteiger partial charge in [0, 0.05) is 37.8 Å². The van der Waals surface area contributed by atoms with Gasteiger partial charge in [-0.2, -0.15) is 0 Å². The molecule has 2 atom stereocenters. The van der Waals surface area contributed by atoms with Gasteiger partial charge in [-0.3, -0.25) is 9.78 Å². The van der Waals surface area contributed by atoms with E-state index in [-0.39, 0.29) is 11.8 Å². The molecule has 2 heterocycles. The summed E-state index contributed by atoms with van der Waals surface area (Å²) in [6.07, 6.45) is 3.48. The third-order valence-corrected chi connectivity index (χ3v) is 4.91. The molecule has 5 heteroatoms. The molecular weight excluding hydrogens is 316 g/mol. The van der Waals surface area contributed by atoms with E-state index in [4.69, 9.17) is 9.47 Å². The van der Waals surface area contributed by atoms with Gasteiger partial charge < -0.3 is 14.4 Å². The molecule has 0 unspecified atom stereocenters. The number of benzene rings is 1. The quantitative estimate of drug-likeness (QED) is 0.841. The molecule has 0 spiro atoms. The molecule has 4 rings (SSSR count). The fourth-order valence-electron chi connectivity index (χ4n) is 3.35. The van der Waals surface area contributed by atoms with Crippen molar-refractivity contribution in [1.82, 2.24) is 9.88 Å². The molecule has 25 heavy (non-hydrogen) atoms. The first-order valence-electron chi connectivity index (χ1n) is 8.77. The van der Waals surface area contributed by atoms with Crippen LogP contribution in [0.15, 0.2) is 42.6 Å². The van der Waals surface area contributed by atoms with E-state index in [0.29, 0.717) is 25.7 Å². The van der Waals surface area contributed by atoms with Gasteiger partial charge in [0.05, 0.1) is 0 Å². The van der Waals surface area contributed by atoms with Crippen LogP contribution in [0.1, 0.15) is 23.6 Å². The lowest BCUT2D eigenvalue weighted by molar-refractivity contribution is -0.131. The minimum absolute atomic E-state index is 0.0799. The smallest absolute Gasteiger partial charge is 0.226 e. The van der Waals surface area contributed by atoms with Crippen LogP contribution in [0.2, 0.25) is 0 Å². The molecule has 0 N–H and O–H groups in total. The average Bonchev–Trinajstić information content (AvgIpc) is 3.47. The molecule has 5 nitrogen and oxygen atoms in total. The summed E-state index contributed by atoms with van der Waals surface area (Å²) >= 11 is 0. The summed E-state index contributed by atoms with van der Waals surface area (Å²) in [5, 5.41) is 0. The van der Waals surface area contributed by atoms with E-state index in [2.05, 4.69) is 11.1 Å². The van der Waals surface area contributed by atoms with Crippen molar-refractivity contribution in [2.75, 3.05) is 26.8 Å². The normalized spacial score (nSPS) is 20.8. The predicted octanol–water partition coefficient (Wildman–Crippen LogP) is 2.66. The van der Waals surface area contributed by atoms with Crippen molar-refractivity contribution in [1.29, 1.82) is 0 Å². The molecular formula is C20H22N2O3. The maximum atomic E-state index is 12.6. The lowest BCUT2D eigenvalue weighted by atomic mass is 10.1. The van der Waals surface area contributed by atoms with E-state index < -0.39 is 0 Å². The fraction of sp³-hybridized carbons (Fsp3) is 0.400. The monoisotopic (exact) mass is 338 g/mol. The molecule has 1 aromatic carbocycles. The Hall–Kier alpha value is -2.56. The molecule has 0 saturated heterocycles. The van der Waals surface area contributed by atoms with Crippen molar-refractivity contribution in [2.24, 2.45) is 5.92 Å². The molecule has 1 aliphatic heterocycles. The molecule has 2 aromatic rings. The molecule has 2 aliphatic rings. The fourth-order valence-corrected chi connectivity index (χ4v) is 3.35. The Morgan fingerprint density at radius 1 is 1.20 bits per heavy atom. The number of carbonyl (C=O) groups excluding carboxylic acids is 1. The lowest BCUT2D eigenvalue weighted by Crippen LogP contribution is -2.30. The number of carbonyl (C=O) groups is 1. The highest BCUT2D eigenvalue weighted by molar-refractivity contribution is 5.82. The number of aromatic nitrogens is 1. The van der Waals surface area contributed by atoms with E-state index in [1.165, 1.54) is 5.56 Å². The number of pyridine rings is 1. The van der Waals surface area contributed by atoms with Crippen LogP contribution in [0.5, 0.6) is 11.5 Å². The Morgan fingerprint density at radius 2 is 2.04 bits per heavy atom. The number of ether oxygens (including phenoxy) is 2. The largest absolute Gasteiger partial charge is 0.486 e. The summed E-state index contributed by atoms with van der Waals surface area (Å²) in [4.78, 5) is 18.8. The van der Waals surface area contributed by atoms with Crippen LogP contribution < -0.4 is 9.47 Å². The maximum absolute atomic E-state index is 12.6. The van der Waals surface area contributed by atoms with Gasteiger partial charge in [0.15, 0.2) is 11.5 Å². The summed E-state index contributed by atoms with van der Waals surface area (Å²) in [5.74, 6) is 2.18. The Balaban J connectivity index is 1.35. The number of rotatable bonds is 5. The van der Waals surface area contributed by atoms with Crippen molar-refractivity contribution in [3.05, 3.63) is 53.9 Å². The summed E-state index contributed by atoms with van der Waals surface area (Å²) in [6, 6.07) is 11.9. The Bertz CT molecular complexity index is 763. The van der Waals surface area contributed by atoms with Gasteiger partial charge in [-0.05, 0) is 42.2 Å². The molecule has 1 aliphatic carbocycles. The first kappa shape index (κ1) is 15.9. The highest BCUT2D eigenvalue weighted by Crippen LogP contribution is 2.50. The third-order valence-electron chi connectivity index (χ3n) is 4.91. The van der Waals surface area contributed by atoms with Gasteiger partial charge in [-0.25, -0.2) is 0 Å². The second kappa shape index (κ2) is 6.75. The van der Waals surface area contributed by atoms with Gasteiger partial charge >= 0.3 is 0 Å². The summed E-state index contributed by atoms with van der Waals surface area (Å²) in [5.41, 5.74) is 2.18. The molecule has 0 bridgehead atoms. The number of hydrogen-bond acceptors (Lipinski definition) is 4. The molecule has 1 saturated carbocycles. The molecule has 1 amide bonds. The van der Waals surface area contributed by atoms with Crippen molar-refractivity contribution < 1.29 is 14.3 Å². The second-order valence-corrected chi connectivity index (χ2v) is 6.68. The van der Waals surface area contributed by atoms with Gasteiger partial charge in [0.2, 0.25) is 5.91 Å². The number of hydrogen-bond donors (Lipinski definition) is 0. The van der Waals surface area contributed by atoms with Crippen molar-refractivity contribution in [2.45, 2.75) is 18.8 Å². The van der Waals surface area contributed by atoms with Gasteiger partial charge in [-0.1, -0.05) is 12.1 Å². The van der Waals surface area contributed by atoms with E-state index >= 15 is 0 Å². The third kappa shape index (κ3) is 3.45. The van der Waals surface area contributed by atoms with Crippen molar-refractivity contribution >= 4 is 5.91 Å². The Kier molecular flexibility index (Phi) is 4.30. The highest BCUT2D eigenvalue weighted by atomic mass is 16.6. The number of likely N-dealkylation sites (N-methyl/N-ethyl adjacent to an activating group) is 1. The van der Waals surface area contributed by atoms with Crippen LogP contribution in [0, 0.1) is 5.92 Å². The van der Waals surface area contributed by atoms with E-state index in [1.54, 1.807) is 6.20 Å².